The quantitative estimate of drug-likeness (QED) is 0.860. The van der Waals surface area contributed by atoms with Gasteiger partial charge in [0.15, 0.2) is 0 Å². The summed E-state index contributed by atoms with van der Waals surface area (Å²) in [4.78, 5) is 14.7. The van der Waals surface area contributed by atoms with E-state index in [0.717, 1.165) is 29.1 Å². The number of hydrogen-bond donors (Lipinski definition) is 1. The lowest BCUT2D eigenvalue weighted by Crippen LogP contribution is -2.29. The largest absolute Gasteiger partial charge is 0.311 e. The van der Waals surface area contributed by atoms with Crippen LogP contribution in [0, 0.1) is 0 Å². The molecule has 0 atom stereocenters. The molecule has 1 N–H and O–H groups in total. The Morgan fingerprint density at radius 1 is 1.23 bits per heavy atom. The summed E-state index contributed by atoms with van der Waals surface area (Å²) in [5.74, 6) is 0.831. The molecule has 138 valence electrons. The van der Waals surface area contributed by atoms with Gasteiger partial charge in [0, 0.05) is 24.1 Å². The van der Waals surface area contributed by atoms with Crippen LogP contribution in [0.1, 0.15) is 25.8 Å². The summed E-state index contributed by atoms with van der Waals surface area (Å²) in [6, 6.07) is 12.3. The number of hydrogen-bond acceptors (Lipinski definition) is 4. The van der Waals surface area contributed by atoms with Gasteiger partial charge in [-0.15, -0.1) is 11.8 Å². The number of rotatable bonds is 4. The van der Waals surface area contributed by atoms with Crippen molar-refractivity contribution in [2.45, 2.75) is 36.5 Å². The fourth-order valence-corrected chi connectivity index (χ4v) is 4.96. The Bertz CT molecular complexity index is 926. The van der Waals surface area contributed by atoms with Gasteiger partial charge in [-0.25, -0.2) is 8.42 Å². The Morgan fingerprint density at radius 3 is 2.77 bits per heavy atom. The molecule has 2 aromatic carbocycles. The minimum Gasteiger partial charge on any atom is -0.311 e. The van der Waals surface area contributed by atoms with Gasteiger partial charge in [-0.3, -0.25) is 9.52 Å². The van der Waals surface area contributed by atoms with E-state index in [1.54, 1.807) is 40.9 Å². The van der Waals surface area contributed by atoms with Crippen LogP contribution in [0.4, 0.5) is 11.4 Å². The molecule has 1 heterocycles. The zero-order valence-electron chi connectivity index (χ0n) is 14.9. The second-order valence-corrected chi connectivity index (χ2v) is 8.98. The number of nitrogens with one attached hydrogen (secondary N) is 1. The van der Waals surface area contributed by atoms with Gasteiger partial charge in [0.2, 0.25) is 5.91 Å². The lowest BCUT2D eigenvalue weighted by molar-refractivity contribution is -0.116. The van der Waals surface area contributed by atoms with Gasteiger partial charge in [0.05, 0.1) is 10.6 Å². The number of anilines is 2. The van der Waals surface area contributed by atoms with E-state index in [2.05, 4.69) is 4.72 Å². The molecule has 0 spiro atoms. The topological polar surface area (TPSA) is 66.5 Å². The molecule has 0 aromatic heterocycles. The van der Waals surface area contributed by atoms with Crippen molar-refractivity contribution in [1.29, 1.82) is 0 Å². The number of benzene rings is 2. The van der Waals surface area contributed by atoms with E-state index < -0.39 is 10.0 Å². The summed E-state index contributed by atoms with van der Waals surface area (Å²) in [7, 11) is -3.73. The van der Waals surface area contributed by atoms with Crippen LogP contribution >= 0.6 is 11.8 Å². The maximum Gasteiger partial charge on any atom is 0.261 e. The first-order chi connectivity index (χ1) is 12.4. The normalized spacial score (nSPS) is 14.5. The molecule has 1 amide bonds. The molecular formula is C19H22N2O3S2. The van der Waals surface area contributed by atoms with Crippen LogP contribution in [0.2, 0.25) is 0 Å². The lowest BCUT2D eigenvalue weighted by atomic mass is 10.1. The smallest absolute Gasteiger partial charge is 0.261 e. The van der Waals surface area contributed by atoms with E-state index >= 15 is 0 Å². The first-order valence-corrected chi connectivity index (χ1v) is 11.0. The summed E-state index contributed by atoms with van der Waals surface area (Å²) in [6.07, 6.45) is 1.71. The highest BCUT2D eigenvalue weighted by Gasteiger charge is 2.23. The SMILES string of the molecule is CCc1cccc(NS(=O)(=O)c2ccc3c(c2)N(C(C)=O)CCCS3)c1. The average molecular weight is 391 g/mol. The van der Waals surface area contributed by atoms with E-state index in [4.69, 9.17) is 0 Å². The van der Waals surface area contributed by atoms with Crippen LogP contribution in [0.15, 0.2) is 52.3 Å². The number of amides is 1. The van der Waals surface area contributed by atoms with E-state index in [1.807, 2.05) is 25.1 Å². The van der Waals surface area contributed by atoms with Crippen LogP contribution in [0.5, 0.6) is 0 Å². The van der Waals surface area contributed by atoms with Crippen LogP contribution in [-0.2, 0) is 21.2 Å². The third kappa shape index (κ3) is 4.04. The van der Waals surface area contributed by atoms with E-state index in [1.165, 1.54) is 6.92 Å². The number of carbonyl (C=O) groups is 1. The third-order valence-corrected chi connectivity index (χ3v) is 6.81. The monoisotopic (exact) mass is 390 g/mol. The number of nitrogens with zero attached hydrogens (tertiary/aromatic N) is 1. The molecule has 0 radical (unpaired) electrons. The maximum atomic E-state index is 12.8. The Morgan fingerprint density at radius 2 is 2.04 bits per heavy atom. The molecule has 0 unspecified atom stereocenters. The summed E-state index contributed by atoms with van der Waals surface area (Å²) in [5.41, 5.74) is 2.27. The minimum atomic E-state index is -3.73. The van der Waals surface area contributed by atoms with Crippen molar-refractivity contribution in [1.82, 2.24) is 0 Å². The highest BCUT2D eigenvalue weighted by atomic mass is 32.2. The standard InChI is InChI=1S/C19H22N2O3S2/c1-3-15-6-4-7-16(12-15)20-26(23,24)17-8-9-19-18(13-17)21(14(2)22)10-5-11-25-19/h4,6-9,12-13,20H,3,5,10-11H2,1-2H3. The molecule has 7 heteroatoms. The molecule has 3 rings (SSSR count). The predicted octanol–water partition coefficient (Wildman–Crippen LogP) is 3.90. The van der Waals surface area contributed by atoms with Gasteiger partial charge in [0.1, 0.15) is 0 Å². The number of sulfonamides is 1. The summed E-state index contributed by atoms with van der Waals surface area (Å²) >= 11 is 1.65. The zero-order valence-corrected chi connectivity index (χ0v) is 16.5. The third-order valence-electron chi connectivity index (χ3n) is 4.28. The summed E-state index contributed by atoms with van der Waals surface area (Å²) < 4.78 is 28.3. The van der Waals surface area contributed by atoms with Crippen LogP contribution in [0.3, 0.4) is 0 Å². The van der Waals surface area contributed by atoms with Gasteiger partial charge >= 0.3 is 0 Å². The number of aryl methyl sites for hydroxylation is 1. The van der Waals surface area contributed by atoms with Crippen molar-refractivity contribution in [3.63, 3.8) is 0 Å². The Kier molecular flexibility index (Phi) is 5.58. The molecule has 0 bridgehead atoms. The first kappa shape index (κ1) is 18.8. The first-order valence-electron chi connectivity index (χ1n) is 8.57. The van der Waals surface area contributed by atoms with Crippen molar-refractivity contribution < 1.29 is 13.2 Å². The highest BCUT2D eigenvalue weighted by Crippen LogP contribution is 2.36. The Balaban J connectivity index is 1.96. The highest BCUT2D eigenvalue weighted by molar-refractivity contribution is 7.99. The van der Waals surface area contributed by atoms with Gasteiger partial charge < -0.3 is 4.90 Å². The molecule has 5 nitrogen and oxygen atoms in total. The summed E-state index contributed by atoms with van der Waals surface area (Å²) in [6.45, 7) is 4.13. The molecule has 26 heavy (non-hydrogen) atoms. The second kappa shape index (κ2) is 7.72. The van der Waals surface area contributed by atoms with Gasteiger partial charge in [-0.05, 0) is 54.5 Å². The fraction of sp³-hybridized carbons (Fsp3) is 0.316. The minimum absolute atomic E-state index is 0.0769. The number of fused-ring (bicyclic) bond motifs is 1. The molecule has 1 aliphatic heterocycles. The fourth-order valence-electron chi connectivity index (χ4n) is 2.92. The van der Waals surface area contributed by atoms with Crippen LogP contribution in [0.25, 0.3) is 0 Å². The van der Waals surface area contributed by atoms with Gasteiger partial charge in [-0.1, -0.05) is 19.1 Å². The number of thioether (sulfide) groups is 1. The Labute approximate surface area is 158 Å². The lowest BCUT2D eigenvalue weighted by Gasteiger charge is -2.21. The summed E-state index contributed by atoms with van der Waals surface area (Å²) in [5, 5.41) is 0. The van der Waals surface area contributed by atoms with Crippen molar-refractivity contribution in [2.24, 2.45) is 0 Å². The molecular weight excluding hydrogens is 368 g/mol. The van der Waals surface area contributed by atoms with Gasteiger partial charge in [0.25, 0.3) is 10.0 Å². The average Bonchev–Trinajstić information content (AvgIpc) is 2.83. The molecule has 0 aliphatic carbocycles. The Hall–Kier alpha value is -1.99. The zero-order chi connectivity index (χ0) is 18.7. The molecule has 2 aromatic rings. The maximum absolute atomic E-state index is 12.8. The molecule has 0 saturated carbocycles. The van der Waals surface area contributed by atoms with Crippen molar-refractivity contribution in [2.75, 3.05) is 21.9 Å². The van der Waals surface area contributed by atoms with E-state index in [-0.39, 0.29) is 10.8 Å². The molecule has 0 fully saturated rings. The predicted molar refractivity (Wildman–Crippen MR) is 106 cm³/mol. The molecule has 1 aliphatic rings. The van der Waals surface area contributed by atoms with Gasteiger partial charge in [-0.2, -0.15) is 0 Å². The van der Waals surface area contributed by atoms with Crippen LogP contribution < -0.4 is 9.62 Å². The molecule has 0 saturated heterocycles. The number of carbonyl (C=O) groups excluding carboxylic acids is 1. The van der Waals surface area contributed by atoms with E-state index in [9.17, 15) is 13.2 Å². The van der Waals surface area contributed by atoms with E-state index in [0.29, 0.717) is 17.9 Å². The van der Waals surface area contributed by atoms with Crippen molar-refractivity contribution >= 4 is 39.1 Å². The second-order valence-electron chi connectivity index (χ2n) is 6.16. The van der Waals surface area contributed by atoms with Crippen molar-refractivity contribution in [3.8, 4) is 0 Å². The van der Waals surface area contributed by atoms with Crippen molar-refractivity contribution in [3.05, 3.63) is 48.0 Å². The van der Waals surface area contributed by atoms with Crippen LogP contribution in [-0.4, -0.2) is 26.6 Å².